The molecule has 0 unspecified atom stereocenters. The number of carbonyl (C=O) groups excluding carboxylic acids is 2. The number of halogens is 1. The van der Waals surface area contributed by atoms with Gasteiger partial charge in [-0.1, -0.05) is 66.2 Å². The summed E-state index contributed by atoms with van der Waals surface area (Å²) in [6.07, 6.45) is -1.13. The summed E-state index contributed by atoms with van der Waals surface area (Å²) < 4.78 is 31.9. The van der Waals surface area contributed by atoms with Gasteiger partial charge >= 0.3 is 10.1 Å². The summed E-state index contributed by atoms with van der Waals surface area (Å²) in [5.74, 6) is -1.94. The molecule has 0 aromatic heterocycles. The van der Waals surface area contributed by atoms with E-state index < -0.39 is 40.0 Å². The number of hydrogen-bond acceptors (Lipinski definition) is 7. The summed E-state index contributed by atoms with van der Waals surface area (Å²) in [5.41, 5.74) is 1.34. The number of rotatable bonds is 6. The van der Waals surface area contributed by atoms with E-state index in [-0.39, 0.29) is 10.6 Å². The molecule has 0 N–H and O–H groups in total. The van der Waals surface area contributed by atoms with Gasteiger partial charge in [-0.3, -0.25) is 14.4 Å². The maximum atomic E-state index is 13.9. The van der Waals surface area contributed by atoms with Crippen molar-refractivity contribution >= 4 is 44.9 Å². The standard InChI is InChI=1S/C29H21ClN2O6S/c30-19-15-17-20(18-16-19)31-28(33)25-26(32(37-27(25)29(31)34)21-9-3-1-4-10-21)23-13-7-8-14-24(23)38-39(35,36)22-11-5-2-6-12-22/h1-18,25-27H/t25-,26-,27+/m1/s1. The van der Waals surface area contributed by atoms with Crippen LogP contribution in [0.4, 0.5) is 11.4 Å². The normalized spacial score (nSPS) is 20.8. The molecular formula is C29H21ClN2O6S. The van der Waals surface area contributed by atoms with Crippen LogP contribution in [0.3, 0.4) is 0 Å². The predicted molar refractivity (Wildman–Crippen MR) is 145 cm³/mol. The molecule has 196 valence electrons. The van der Waals surface area contributed by atoms with Gasteiger partial charge < -0.3 is 4.18 Å². The van der Waals surface area contributed by atoms with Gasteiger partial charge in [0.2, 0.25) is 5.91 Å². The molecule has 39 heavy (non-hydrogen) atoms. The first-order valence-electron chi connectivity index (χ1n) is 12.1. The average molecular weight is 561 g/mol. The monoisotopic (exact) mass is 560 g/mol. The second-order valence-electron chi connectivity index (χ2n) is 9.03. The van der Waals surface area contributed by atoms with Crippen LogP contribution in [-0.2, 0) is 24.5 Å². The average Bonchev–Trinajstić information content (AvgIpc) is 3.46. The smallest absolute Gasteiger partial charge is 0.339 e. The number of hydrogen-bond donors (Lipinski definition) is 0. The van der Waals surface area contributed by atoms with E-state index in [0.29, 0.717) is 22.0 Å². The Hall–Kier alpha value is -4.18. The highest BCUT2D eigenvalue weighted by atomic mass is 35.5. The SMILES string of the molecule is O=C1[C@H]2[C@H](ON(c3ccccc3)[C@@H]2c2ccccc2OS(=O)(=O)c2ccccc2)C(=O)N1c1ccc(Cl)cc1. The Bertz CT molecular complexity index is 1650. The molecule has 6 rings (SSSR count). The molecule has 2 fully saturated rings. The van der Waals surface area contributed by atoms with Gasteiger partial charge in [-0.15, -0.1) is 0 Å². The van der Waals surface area contributed by atoms with Gasteiger partial charge in [0.25, 0.3) is 5.91 Å². The molecule has 4 aromatic rings. The van der Waals surface area contributed by atoms with Crippen LogP contribution >= 0.6 is 11.6 Å². The number of benzene rings is 4. The third-order valence-corrected chi connectivity index (χ3v) is 8.18. The third-order valence-electron chi connectivity index (χ3n) is 6.68. The number of carbonyl (C=O) groups is 2. The van der Waals surface area contributed by atoms with Crippen LogP contribution in [-0.4, -0.2) is 26.3 Å². The molecule has 0 radical (unpaired) electrons. The topological polar surface area (TPSA) is 93.2 Å². The van der Waals surface area contributed by atoms with Crippen molar-refractivity contribution < 1.29 is 27.0 Å². The molecule has 2 heterocycles. The van der Waals surface area contributed by atoms with E-state index in [9.17, 15) is 18.0 Å². The summed E-state index contributed by atoms with van der Waals surface area (Å²) >= 11 is 6.01. The fourth-order valence-electron chi connectivity index (χ4n) is 4.93. The predicted octanol–water partition coefficient (Wildman–Crippen LogP) is 5.16. The maximum Gasteiger partial charge on any atom is 0.339 e. The van der Waals surface area contributed by atoms with Crippen molar-refractivity contribution in [1.29, 1.82) is 0 Å². The van der Waals surface area contributed by atoms with Gasteiger partial charge in [-0.25, -0.2) is 9.96 Å². The van der Waals surface area contributed by atoms with Crippen LogP contribution in [0.15, 0.2) is 114 Å². The lowest BCUT2D eigenvalue weighted by atomic mass is 9.90. The van der Waals surface area contributed by atoms with Crippen LogP contribution in [0.1, 0.15) is 11.6 Å². The van der Waals surface area contributed by atoms with Gasteiger partial charge in [0.15, 0.2) is 6.10 Å². The highest BCUT2D eigenvalue weighted by Gasteiger charge is 2.60. The Kier molecular flexibility index (Phi) is 6.34. The van der Waals surface area contributed by atoms with Crippen LogP contribution in [0.5, 0.6) is 5.75 Å². The fourth-order valence-corrected chi connectivity index (χ4v) is 6.03. The molecule has 0 saturated carbocycles. The van der Waals surface area contributed by atoms with Crippen molar-refractivity contribution in [2.45, 2.75) is 17.0 Å². The van der Waals surface area contributed by atoms with E-state index in [1.165, 1.54) is 23.3 Å². The first kappa shape index (κ1) is 25.1. The number of amides is 2. The van der Waals surface area contributed by atoms with Crippen LogP contribution in [0.25, 0.3) is 0 Å². The molecule has 0 aliphatic carbocycles. The minimum Gasteiger partial charge on any atom is -0.379 e. The zero-order valence-electron chi connectivity index (χ0n) is 20.3. The Balaban J connectivity index is 1.44. The minimum absolute atomic E-state index is 0.0127. The van der Waals surface area contributed by atoms with Gasteiger partial charge in [-0.2, -0.15) is 8.42 Å². The quantitative estimate of drug-likeness (QED) is 0.237. The van der Waals surface area contributed by atoms with Crippen LogP contribution < -0.4 is 14.1 Å². The van der Waals surface area contributed by atoms with Gasteiger partial charge in [-0.05, 0) is 54.6 Å². The van der Waals surface area contributed by atoms with Crippen molar-refractivity contribution in [1.82, 2.24) is 0 Å². The molecule has 2 aliphatic heterocycles. The summed E-state index contributed by atoms with van der Waals surface area (Å²) in [6, 6.07) is 28.8. The molecule has 0 spiro atoms. The second-order valence-corrected chi connectivity index (χ2v) is 11.0. The van der Waals surface area contributed by atoms with Gasteiger partial charge in [0, 0.05) is 10.6 Å². The van der Waals surface area contributed by atoms with Crippen molar-refractivity contribution in [2.24, 2.45) is 5.92 Å². The highest BCUT2D eigenvalue weighted by Crippen LogP contribution is 2.49. The Morgan fingerprint density at radius 1 is 0.718 bits per heavy atom. The van der Waals surface area contributed by atoms with Crippen molar-refractivity contribution in [3.05, 3.63) is 120 Å². The van der Waals surface area contributed by atoms with Crippen LogP contribution in [0, 0.1) is 5.92 Å². The molecule has 3 atom stereocenters. The molecule has 2 amide bonds. The number of anilines is 2. The molecule has 4 aromatic carbocycles. The van der Waals surface area contributed by atoms with Crippen LogP contribution in [0.2, 0.25) is 5.02 Å². The van der Waals surface area contributed by atoms with E-state index in [1.807, 2.05) is 6.07 Å². The van der Waals surface area contributed by atoms with E-state index in [1.54, 1.807) is 84.9 Å². The van der Waals surface area contributed by atoms with Gasteiger partial charge in [0.1, 0.15) is 16.6 Å². The van der Waals surface area contributed by atoms with Crippen molar-refractivity contribution in [3.8, 4) is 5.75 Å². The lowest BCUT2D eigenvalue weighted by molar-refractivity contribution is -0.126. The van der Waals surface area contributed by atoms with Crippen molar-refractivity contribution in [3.63, 3.8) is 0 Å². The zero-order chi connectivity index (χ0) is 27.1. The largest absolute Gasteiger partial charge is 0.379 e. The fraction of sp³-hybridized carbons (Fsp3) is 0.103. The lowest BCUT2D eigenvalue weighted by Crippen LogP contribution is -2.37. The van der Waals surface area contributed by atoms with Gasteiger partial charge in [0.05, 0.1) is 17.4 Å². The Labute approximate surface area is 230 Å². The highest BCUT2D eigenvalue weighted by molar-refractivity contribution is 7.87. The molecule has 0 bridgehead atoms. The lowest BCUT2D eigenvalue weighted by Gasteiger charge is -2.29. The molecule has 2 aliphatic rings. The third kappa shape index (κ3) is 4.44. The Morgan fingerprint density at radius 2 is 1.33 bits per heavy atom. The minimum atomic E-state index is -4.19. The van der Waals surface area contributed by atoms with Crippen molar-refractivity contribution in [2.75, 3.05) is 9.96 Å². The van der Waals surface area contributed by atoms with E-state index in [0.717, 1.165) is 4.90 Å². The molecule has 10 heteroatoms. The molecule has 2 saturated heterocycles. The number of imide groups is 1. The van der Waals surface area contributed by atoms with E-state index >= 15 is 0 Å². The Morgan fingerprint density at radius 3 is 2.03 bits per heavy atom. The number of hydroxylamine groups is 1. The summed E-state index contributed by atoms with van der Waals surface area (Å²) in [4.78, 5) is 34.6. The maximum absolute atomic E-state index is 13.9. The van der Waals surface area contributed by atoms with E-state index in [4.69, 9.17) is 20.6 Å². The first-order valence-corrected chi connectivity index (χ1v) is 13.9. The number of fused-ring (bicyclic) bond motifs is 1. The second kappa shape index (κ2) is 9.85. The first-order chi connectivity index (χ1) is 18.8. The number of para-hydroxylation sites is 2. The van der Waals surface area contributed by atoms with E-state index in [2.05, 4.69) is 0 Å². The zero-order valence-corrected chi connectivity index (χ0v) is 21.8. The summed E-state index contributed by atoms with van der Waals surface area (Å²) in [5, 5.41) is 1.95. The molecule has 8 nitrogen and oxygen atoms in total. The summed E-state index contributed by atoms with van der Waals surface area (Å²) in [6.45, 7) is 0. The molecular weight excluding hydrogens is 540 g/mol. The summed E-state index contributed by atoms with van der Waals surface area (Å²) in [7, 11) is -4.19. The number of nitrogens with zero attached hydrogens (tertiary/aromatic N) is 2.